The molecule has 0 unspecified atom stereocenters. The number of carbonyl (C=O) groups excluding carboxylic acids is 1. The lowest BCUT2D eigenvalue weighted by molar-refractivity contribution is -0.128. The second-order valence-electron chi connectivity index (χ2n) is 5.06. The molecule has 2 rings (SSSR count). The molecule has 0 saturated carbocycles. The Morgan fingerprint density at radius 2 is 2.17 bits per heavy atom. The fourth-order valence-electron chi connectivity index (χ4n) is 1.93. The maximum absolute atomic E-state index is 12.4. The standard InChI is InChI=1S/C15H21ClN4OS3/c1-3-5-8-17-14-18-19-15(24-14)22-10-13(21)20(4-2)9-11-6-7-12(16)23-11/h6-7H,3-5,8-10H2,1-2H3,(H,17,18). The number of carbonyl (C=O) groups is 1. The van der Waals surface area contributed by atoms with Gasteiger partial charge in [0.25, 0.3) is 0 Å². The Kier molecular flexibility index (Phi) is 8.31. The molecule has 0 bridgehead atoms. The molecule has 0 fully saturated rings. The van der Waals surface area contributed by atoms with Crippen LogP contribution in [0.5, 0.6) is 0 Å². The summed E-state index contributed by atoms with van der Waals surface area (Å²) in [5, 5.41) is 12.3. The van der Waals surface area contributed by atoms with Gasteiger partial charge in [0.2, 0.25) is 11.0 Å². The minimum absolute atomic E-state index is 0.0997. The molecule has 2 aromatic rings. The van der Waals surface area contributed by atoms with Crippen molar-refractivity contribution < 1.29 is 4.79 Å². The van der Waals surface area contributed by atoms with Gasteiger partial charge in [0.1, 0.15) is 0 Å². The third-order valence-electron chi connectivity index (χ3n) is 3.24. The van der Waals surface area contributed by atoms with E-state index < -0.39 is 0 Å². The second-order valence-corrected chi connectivity index (χ2v) is 9.06. The van der Waals surface area contributed by atoms with Crippen LogP contribution in [0.2, 0.25) is 4.34 Å². The van der Waals surface area contributed by atoms with Crippen molar-refractivity contribution in [2.45, 2.75) is 37.6 Å². The Hall–Kier alpha value is -0.830. The van der Waals surface area contributed by atoms with Gasteiger partial charge in [-0.25, -0.2) is 0 Å². The Morgan fingerprint density at radius 3 is 2.83 bits per heavy atom. The van der Waals surface area contributed by atoms with Crippen molar-refractivity contribution in [3.05, 3.63) is 21.3 Å². The SMILES string of the molecule is CCCCNc1nnc(SCC(=O)N(CC)Cc2ccc(Cl)s2)s1. The summed E-state index contributed by atoms with van der Waals surface area (Å²) >= 11 is 10.4. The monoisotopic (exact) mass is 404 g/mol. The number of thioether (sulfide) groups is 1. The Balaban J connectivity index is 1.80. The summed E-state index contributed by atoms with van der Waals surface area (Å²) in [4.78, 5) is 15.3. The lowest BCUT2D eigenvalue weighted by atomic mass is 10.3. The number of anilines is 1. The lowest BCUT2D eigenvalue weighted by Gasteiger charge is -2.19. The van der Waals surface area contributed by atoms with E-state index in [2.05, 4.69) is 22.4 Å². The molecule has 9 heteroatoms. The molecule has 1 N–H and O–H groups in total. The molecule has 0 aliphatic heterocycles. The Morgan fingerprint density at radius 1 is 1.33 bits per heavy atom. The summed E-state index contributed by atoms with van der Waals surface area (Å²) in [5.41, 5.74) is 0. The van der Waals surface area contributed by atoms with Gasteiger partial charge in [0, 0.05) is 18.0 Å². The van der Waals surface area contributed by atoms with Gasteiger partial charge in [-0.3, -0.25) is 4.79 Å². The van der Waals surface area contributed by atoms with E-state index >= 15 is 0 Å². The third kappa shape index (κ3) is 6.23. The second kappa shape index (κ2) is 10.2. The molecule has 0 radical (unpaired) electrons. The molecular formula is C15H21ClN4OS3. The maximum Gasteiger partial charge on any atom is 0.233 e. The van der Waals surface area contributed by atoms with Gasteiger partial charge < -0.3 is 10.2 Å². The topological polar surface area (TPSA) is 58.1 Å². The number of amides is 1. The van der Waals surface area contributed by atoms with Crippen molar-refractivity contribution in [2.75, 3.05) is 24.2 Å². The number of hydrogen-bond donors (Lipinski definition) is 1. The number of unbranched alkanes of at least 4 members (excludes halogenated alkanes) is 1. The van der Waals surface area contributed by atoms with Crippen LogP contribution >= 0.6 is 46.0 Å². The quantitative estimate of drug-likeness (QED) is 0.463. The Labute approximate surface area is 159 Å². The van der Waals surface area contributed by atoms with Gasteiger partial charge in [-0.15, -0.1) is 21.5 Å². The molecule has 1 amide bonds. The number of thiophene rings is 1. The average Bonchev–Trinajstić information content (AvgIpc) is 3.19. The number of rotatable bonds is 10. The first kappa shape index (κ1) is 19.5. The summed E-state index contributed by atoms with van der Waals surface area (Å²) in [6.07, 6.45) is 2.25. The van der Waals surface area contributed by atoms with E-state index in [1.165, 1.54) is 34.4 Å². The molecular weight excluding hydrogens is 384 g/mol. The van der Waals surface area contributed by atoms with Crippen molar-refractivity contribution in [1.29, 1.82) is 0 Å². The highest BCUT2D eigenvalue weighted by Gasteiger charge is 2.15. The van der Waals surface area contributed by atoms with Crippen molar-refractivity contribution in [2.24, 2.45) is 0 Å². The molecule has 2 heterocycles. The first-order valence-electron chi connectivity index (χ1n) is 7.84. The molecule has 0 saturated heterocycles. The van der Waals surface area contributed by atoms with Crippen LogP contribution in [0.4, 0.5) is 5.13 Å². The van der Waals surface area contributed by atoms with Gasteiger partial charge in [-0.05, 0) is 25.5 Å². The summed E-state index contributed by atoms with van der Waals surface area (Å²) in [6, 6.07) is 3.83. The summed E-state index contributed by atoms with van der Waals surface area (Å²) in [6.45, 7) is 6.32. The van der Waals surface area contributed by atoms with Gasteiger partial charge in [-0.2, -0.15) is 0 Å². The maximum atomic E-state index is 12.4. The van der Waals surface area contributed by atoms with Crippen LogP contribution in [0.25, 0.3) is 0 Å². The summed E-state index contributed by atoms with van der Waals surface area (Å²) in [7, 11) is 0. The van der Waals surface area contributed by atoms with Crippen LogP contribution in [0.15, 0.2) is 16.5 Å². The van der Waals surface area contributed by atoms with Crippen LogP contribution in [0, 0.1) is 0 Å². The number of nitrogens with one attached hydrogen (secondary N) is 1. The molecule has 0 aromatic carbocycles. The zero-order valence-electron chi connectivity index (χ0n) is 13.7. The van der Waals surface area contributed by atoms with E-state index in [0.717, 1.165) is 38.1 Å². The molecule has 0 aliphatic rings. The van der Waals surface area contributed by atoms with Gasteiger partial charge >= 0.3 is 0 Å². The minimum Gasteiger partial charge on any atom is -0.360 e. The minimum atomic E-state index is 0.0997. The molecule has 2 aromatic heterocycles. The molecule has 132 valence electrons. The highest BCUT2D eigenvalue weighted by atomic mass is 35.5. The molecule has 0 atom stereocenters. The van der Waals surface area contributed by atoms with E-state index in [9.17, 15) is 4.79 Å². The fraction of sp³-hybridized carbons (Fsp3) is 0.533. The molecule has 24 heavy (non-hydrogen) atoms. The number of halogens is 1. The zero-order chi connectivity index (χ0) is 17.4. The predicted molar refractivity (Wildman–Crippen MR) is 104 cm³/mol. The van der Waals surface area contributed by atoms with Crippen molar-refractivity contribution in [3.8, 4) is 0 Å². The highest BCUT2D eigenvalue weighted by molar-refractivity contribution is 8.01. The van der Waals surface area contributed by atoms with E-state index in [-0.39, 0.29) is 5.91 Å². The molecule has 0 spiro atoms. The average molecular weight is 405 g/mol. The van der Waals surface area contributed by atoms with Crippen molar-refractivity contribution >= 4 is 57.1 Å². The van der Waals surface area contributed by atoms with Crippen LogP contribution in [-0.4, -0.2) is 39.8 Å². The molecule has 5 nitrogen and oxygen atoms in total. The number of hydrogen-bond acceptors (Lipinski definition) is 7. The van der Waals surface area contributed by atoms with Gasteiger partial charge in [-0.1, -0.05) is 48.0 Å². The van der Waals surface area contributed by atoms with Crippen molar-refractivity contribution in [1.82, 2.24) is 15.1 Å². The van der Waals surface area contributed by atoms with E-state index in [0.29, 0.717) is 18.8 Å². The number of nitrogens with zero attached hydrogens (tertiary/aromatic N) is 3. The fourth-order valence-corrected chi connectivity index (χ4v) is 4.71. The van der Waals surface area contributed by atoms with Gasteiger partial charge in [0.15, 0.2) is 4.34 Å². The number of aromatic nitrogens is 2. The van der Waals surface area contributed by atoms with Crippen LogP contribution < -0.4 is 5.32 Å². The Bertz CT molecular complexity index is 646. The first-order valence-corrected chi connectivity index (χ1v) is 10.8. The van der Waals surface area contributed by atoms with Crippen LogP contribution in [-0.2, 0) is 11.3 Å². The zero-order valence-corrected chi connectivity index (χ0v) is 17.0. The third-order valence-corrected chi connectivity index (χ3v) is 6.46. The predicted octanol–water partition coefficient (Wildman–Crippen LogP) is 4.61. The smallest absolute Gasteiger partial charge is 0.233 e. The largest absolute Gasteiger partial charge is 0.360 e. The van der Waals surface area contributed by atoms with E-state index in [1.54, 1.807) is 0 Å². The van der Waals surface area contributed by atoms with E-state index in [1.807, 2.05) is 24.0 Å². The van der Waals surface area contributed by atoms with Crippen molar-refractivity contribution in [3.63, 3.8) is 0 Å². The van der Waals surface area contributed by atoms with Crippen LogP contribution in [0.1, 0.15) is 31.6 Å². The normalized spacial score (nSPS) is 10.8. The summed E-state index contributed by atoms with van der Waals surface area (Å²) < 4.78 is 1.57. The van der Waals surface area contributed by atoms with Gasteiger partial charge in [0.05, 0.1) is 16.6 Å². The summed E-state index contributed by atoms with van der Waals surface area (Å²) in [5.74, 6) is 0.471. The van der Waals surface area contributed by atoms with E-state index in [4.69, 9.17) is 11.6 Å². The van der Waals surface area contributed by atoms with Crippen LogP contribution in [0.3, 0.4) is 0 Å². The molecule has 0 aliphatic carbocycles. The first-order chi connectivity index (χ1) is 11.6. The highest BCUT2D eigenvalue weighted by Crippen LogP contribution is 2.26. The lowest BCUT2D eigenvalue weighted by Crippen LogP contribution is -2.31.